The Balaban J connectivity index is 1.95. The van der Waals surface area contributed by atoms with E-state index < -0.39 is 6.69 Å². The highest BCUT2D eigenvalue weighted by Gasteiger charge is 2.19. The second-order valence-corrected chi connectivity index (χ2v) is 12.2. The molecule has 0 aliphatic heterocycles. The van der Waals surface area contributed by atoms with E-state index in [4.69, 9.17) is 31.6 Å². The van der Waals surface area contributed by atoms with Crippen LogP contribution in [0.4, 0.5) is 0 Å². The van der Waals surface area contributed by atoms with Crippen molar-refractivity contribution in [3.8, 4) is 5.75 Å². The molecule has 0 aliphatic carbocycles. The molecule has 2 nitrogen and oxygen atoms in total. The Hall–Kier alpha value is -0.223. The summed E-state index contributed by atoms with van der Waals surface area (Å²) in [6.07, 6.45) is 0.918. The highest BCUT2D eigenvalue weighted by atomic mass is 35.7. The lowest BCUT2D eigenvalue weighted by molar-refractivity contribution is 0.101. The van der Waals surface area contributed by atoms with Gasteiger partial charge in [0, 0.05) is 6.61 Å². The van der Waals surface area contributed by atoms with E-state index in [1.807, 2.05) is 36.9 Å². The zero-order valence-electron chi connectivity index (χ0n) is 9.99. The number of hydrogen-bond donors (Lipinski definition) is 0. The van der Waals surface area contributed by atoms with Crippen LogP contribution in [-0.2, 0) is 4.74 Å². The van der Waals surface area contributed by atoms with Crippen LogP contribution >= 0.6 is 22.2 Å². The number of para-hydroxylation sites is 1. The van der Waals surface area contributed by atoms with E-state index >= 15 is 0 Å². The smallest absolute Gasteiger partial charge is 0.248 e. The summed E-state index contributed by atoms with van der Waals surface area (Å²) in [5.41, 5.74) is 0. The first kappa shape index (κ1) is 14.8. The second kappa shape index (κ2) is 7.98. The molecule has 0 N–H and O–H groups in total. The van der Waals surface area contributed by atoms with Crippen LogP contribution in [0.15, 0.2) is 30.3 Å². The van der Waals surface area contributed by atoms with E-state index in [1.54, 1.807) is 0 Å². The van der Waals surface area contributed by atoms with Crippen LogP contribution in [0.2, 0.25) is 12.6 Å². The van der Waals surface area contributed by atoms with E-state index in [-0.39, 0.29) is 0 Å². The largest absolute Gasteiger partial charge is 0.491 e. The Morgan fingerprint density at radius 2 is 1.76 bits per heavy atom. The summed E-state index contributed by atoms with van der Waals surface area (Å²) in [7, 11) is 0. The van der Waals surface area contributed by atoms with Crippen molar-refractivity contribution in [3.63, 3.8) is 0 Å². The molecule has 1 aromatic carbocycles. The quantitative estimate of drug-likeness (QED) is 0.409. The summed E-state index contributed by atoms with van der Waals surface area (Å²) >= 11 is 12.0. The predicted molar refractivity (Wildman–Crippen MR) is 75.5 cm³/mol. The Labute approximate surface area is 113 Å². The van der Waals surface area contributed by atoms with Crippen molar-refractivity contribution in [1.29, 1.82) is 0 Å². The Kier molecular flexibility index (Phi) is 6.96. The molecule has 0 aliphatic rings. The molecule has 0 saturated heterocycles. The summed E-state index contributed by atoms with van der Waals surface area (Å²) in [5.74, 6) is 0.873. The molecule has 0 radical (unpaired) electrons. The van der Waals surface area contributed by atoms with Crippen molar-refractivity contribution in [1.82, 2.24) is 0 Å². The monoisotopic (exact) mass is 292 g/mol. The van der Waals surface area contributed by atoms with Gasteiger partial charge in [0.25, 0.3) is 0 Å². The molecule has 0 amide bonds. The molecule has 0 aromatic heterocycles. The minimum atomic E-state index is -1.95. The average Bonchev–Trinajstić information content (AvgIpc) is 2.28. The molecule has 1 aromatic rings. The molecule has 0 spiro atoms. The summed E-state index contributed by atoms with van der Waals surface area (Å²) in [5, 5.41) is 0. The minimum Gasteiger partial charge on any atom is -0.491 e. The van der Waals surface area contributed by atoms with Gasteiger partial charge in [-0.1, -0.05) is 18.2 Å². The average molecular weight is 293 g/mol. The highest BCUT2D eigenvalue weighted by molar-refractivity contribution is 7.44. The topological polar surface area (TPSA) is 18.5 Å². The van der Waals surface area contributed by atoms with Gasteiger partial charge in [0.05, 0.1) is 6.61 Å². The van der Waals surface area contributed by atoms with Crippen molar-refractivity contribution in [2.24, 2.45) is 0 Å². The Morgan fingerprint density at radius 1 is 1.06 bits per heavy atom. The summed E-state index contributed by atoms with van der Waals surface area (Å²) < 4.78 is 10.9. The van der Waals surface area contributed by atoms with Crippen LogP contribution in [-0.4, -0.2) is 26.5 Å². The van der Waals surface area contributed by atoms with E-state index in [1.165, 1.54) is 0 Å². The summed E-state index contributed by atoms with van der Waals surface area (Å²) in [6.45, 7) is 1.84. The van der Waals surface area contributed by atoms with E-state index in [0.717, 1.165) is 18.2 Å². The van der Waals surface area contributed by atoms with Gasteiger partial charge in [-0.3, -0.25) is 0 Å². The number of ether oxygens (including phenoxy) is 2. The van der Waals surface area contributed by atoms with Gasteiger partial charge >= 0.3 is 0 Å². The standard InChI is InChI=1S/C12H18Cl2O2Si/c1-17(13,14)11-5-8-15-9-10-16-12-6-3-2-4-7-12/h2-4,6-7H,5,8-11H2,1H3. The van der Waals surface area contributed by atoms with E-state index in [2.05, 4.69) is 0 Å². The van der Waals surface area contributed by atoms with Crippen LogP contribution in [0.1, 0.15) is 6.42 Å². The lowest BCUT2D eigenvalue weighted by Gasteiger charge is -2.10. The van der Waals surface area contributed by atoms with Gasteiger partial charge in [0.2, 0.25) is 6.69 Å². The normalized spacial score (nSPS) is 11.5. The third kappa shape index (κ3) is 8.49. The Bertz CT molecular complexity index is 301. The zero-order valence-corrected chi connectivity index (χ0v) is 12.5. The van der Waals surface area contributed by atoms with Gasteiger partial charge in [-0.25, -0.2) is 0 Å². The maximum Gasteiger partial charge on any atom is 0.248 e. The molecule has 0 unspecified atom stereocenters. The lowest BCUT2D eigenvalue weighted by Crippen LogP contribution is -2.14. The highest BCUT2D eigenvalue weighted by Crippen LogP contribution is 2.21. The van der Waals surface area contributed by atoms with Crippen LogP contribution in [0.25, 0.3) is 0 Å². The first-order valence-corrected chi connectivity index (χ1v) is 10.4. The number of rotatable bonds is 8. The fourth-order valence-corrected chi connectivity index (χ4v) is 2.89. The predicted octanol–water partition coefficient (Wildman–Crippen LogP) is 4.02. The van der Waals surface area contributed by atoms with Gasteiger partial charge < -0.3 is 9.47 Å². The van der Waals surface area contributed by atoms with Crippen molar-refractivity contribution in [3.05, 3.63) is 30.3 Å². The fourth-order valence-electron chi connectivity index (χ4n) is 1.32. The van der Waals surface area contributed by atoms with Gasteiger partial charge in [0.1, 0.15) is 12.4 Å². The third-order valence-electron chi connectivity index (χ3n) is 2.14. The SMILES string of the molecule is C[Si](Cl)(Cl)CCCOCCOc1ccccc1. The maximum atomic E-state index is 5.98. The first-order chi connectivity index (χ1) is 8.08. The van der Waals surface area contributed by atoms with Crippen LogP contribution in [0.3, 0.4) is 0 Å². The minimum absolute atomic E-state index is 0.570. The molecule has 0 bridgehead atoms. The molecule has 0 saturated carbocycles. The second-order valence-electron chi connectivity index (χ2n) is 3.95. The molecule has 1 rings (SSSR count). The fraction of sp³-hybridized carbons (Fsp3) is 0.500. The van der Waals surface area contributed by atoms with Crippen molar-refractivity contribution < 1.29 is 9.47 Å². The summed E-state index contributed by atoms with van der Waals surface area (Å²) in [6, 6.07) is 10.6. The van der Waals surface area contributed by atoms with Gasteiger partial charge in [0.15, 0.2) is 0 Å². The number of hydrogen-bond acceptors (Lipinski definition) is 2. The van der Waals surface area contributed by atoms with E-state index in [0.29, 0.717) is 19.8 Å². The molecule has 5 heteroatoms. The van der Waals surface area contributed by atoms with Gasteiger partial charge in [-0.15, -0.1) is 22.2 Å². The maximum absolute atomic E-state index is 5.98. The molecule has 0 atom stereocenters. The molecule has 0 fully saturated rings. The van der Waals surface area contributed by atoms with Crippen LogP contribution in [0.5, 0.6) is 5.75 Å². The lowest BCUT2D eigenvalue weighted by atomic mass is 10.3. The van der Waals surface area contributed by atoms with Gasteiger partial charge in [-0.05, 0) is 31.1 Å². The van der Waals surface area contributed by atoms with Gasteiger partial charge in [-0.2, -0.15) is 0 Å². The Morgan fingerprint density at radius 3 is 2.41 bits per heavy atom. The first-order valence-electron chi connectivity index (χ1n) is 5.71. The van der Waals surface area contributed by atoms with Crippen molar-refractivity contribution >= 4 is 28.9 Å². The zero-order chi connectivity index (χ0) is 12.6. The molecule has 17 heavy (non-hydrogen) atoms. The molecule has 0 heterocycles. The number of halogens is 2. The molecular weight excluding hydrogens is 275 g/mol. The van der Waals surface area contributed by atoms with Crippen molar-refractivity contribution in [2.75, 3.05) is 19.8 Å². The third-order valence-corrected chi connectivity index (χ3v) is 4.51. The van der Waals surface area contributed by atoms with E-state index in [9.17, 15) is 0 Å². The number of benzene rings is 1. The summed E-state index contributed by atoms with van der Waals surface area (Å²) in [4.78, 5) is 0. The van der Waals surface area contributed by atoms with Crippen molar-refractivity contribution in [2.45, 2.75) is 19.0 Å². The van der Waals surface area contributed by atoms with Crippen LogP contribution < -0.4 is 4.74 Å². The molecular formula is C12H18Cl2O2Si. The molecule has 96 valence electrons. The van der Waals surface area contributed by atoms with Crippen LogP contribution in [0, 0.1) is 0 Å².